The van der Waals surface area contributed by atoms with E-state index in [0.717, 1.165) is 0 Å². The number of carbonyl (C=O) groups is 1. The zero-order chi connectivity index (χ0) is 13.7. The van der Waals surface area contributed by atoms with Crippen LogP contribution in [0.25, 0.3) is 0 Å². The molecule has 0 saturated carbocycles. The highest BCUT2D eigenvalue weighted by atomic mass is 35.5. The van der Waals surface area contributed by atoms with E-state index in [0.29, 0.717) is 11.3 Å². The van der Waals surface area contributed by atoms with Crippen LogP contribution in [-0.4, -0.2) is 17.6 Å². The molecular formula is C15H14ClNO2. The van der Waals surface area contributed by atoms with Crippen molar-refractivity contribution < 1.29 is 9.90 Å². The highest BCUT2D eigenvalue weighted by molar-refractivity contribution is 6.36. The number of rotatable bonds is 4. The van der Waals surface area contributed by atoms with Crippen molar-refractivity contribution in [1.82, 2.24) is 0 Å². The molecule has 0 aliphatic rings. The van der Waals surface area contributed by atoms with Crippen LogP contribution < -0.4 is 5.32 Å². The van der Waals surface area contributed by atoms with E-state index in [1.54, 1.807) is 36.4 Å². The van der Waals surface area contributed by atoms with Gasteiger partial charge in [0.1, 0.15) is 0 Å². The number of halogens is 1. The first-order valence-electron chi connectivity index (χ1n) is 5.88. The molecule has 19 heavy (non-hydrogen) atoms. The molecule has 0 aliphatic carbocycles. The van der Waals surface area contributed by atoms with Gasteiger partial charge in [-0.15, -0.1) is 11.6 Å². The molecule has 0 bridgehead atoms. The standard InChI is InChI=1S/C15H14ClNO2/c16-15(11-18,12-7-3-1-4-8-12)14(19)17-13-9-5-2-6-10-13/h1-10,18H,11H2,(H,17,19). The van der Waals surface area contributed by atoms with E-state index in [4.69, 9.17) is 11.6 Å². The summed E-state index contributed by atoms with van der Waals surface area (Å²) in [5.41, 5.74) is 1.20. The third-order valence-corrected chi connectivity index (χ3v) is 3.35. The second-order valence-corrected chi connectivity index (χ2v) is 4.79. The van der Waals surface area contributed by atoms with Gasteiger partial charge in [-0.1, -0.05) is 48.5 Å². The van der Waals surface area contributed by atoms with E-state index >= 15 is 0 Å². The average Bonchev–Trinajstić information content (AvgIpc) is 2.48. The molecule has 1 amide bonds. The first-order valence-corrected chi connectivity index (χ1v) is 6.26. The predicted octanol–water partition coefficient (Wildman–Crippen LogP) is 2.75. The van der Waals surface area contributed by atoms with E-state index in [1.165, 1.54) is 0 Å². The maximum absolute atomic E-state index is 12.3. The molecule has 0 fully saturated rings. The molecule has 0 radical (unpaired) electrons. The maximum atomic E-state index is 12.3. The summed E-state index contributed by atoms with van der Waals surface area (Å²) in [5, 5.41) is 12.2. The Hall–Kier alpha value is -1.84. The number of alkyl halides is 1. The van der Waals surface area contributed by atoms with E-state index in [2.05, 4.69) is 5.32 Å². The molecule has 0 aromatic heterocycles. The fourth-order valence-corrected chi connectivity index (χ4v) is 1.92. The van der Waals surface area contributed by atoms with Crippen LogP contribution in [0.3, 0.4) is 0 Å². The van der Waals surface area contributed by atoms with Crippen LogP contribution in [0.2, 0.25) is 0 Å². The Morgan fingerprint density at radius 3 is 2.11 bits per heavy atom. The summed E-state index contributed by atoms with van der Waals surface area (Å²) in [4.78, 5) is 10.8. The third kappa shape index (κ3) is 2.95. The summed E-state index contributed by atoms with van der Waals surface area (Å²) < 4.78 is 0. The highest BCUT2D eigenvalue weighted by Gasteiger charge is 2.37. The van der Waals surface area contributed by atoms with Crippen LogP contribution in [-0.2, 0) is 9.67 Å². The minimum atomic E-state index is -1.48. The maximum Gasteiger partial charge on any atom is 0.252 e. The topological polar surface area (TPSA) is 49.3 Å². The Labute approximate surface area is 116 Å². The largest absolute Gasteiger partial charge is 0.394 e. The molecule has 1 unspecified atom stereocenters. The molecule has 1 atom stereocenters. The van der Waals surface area contributed by atoms with E-state index in [-0.39, 0.29) is 0 Å². The second-order valence-electron chi connectivity index (χ2n) is 4.15. The molecular weight excluding hydrogens is 262 g/mol. The monoisotopic (exact) mass is 275 g/mol. The molecule has 2 aromatic carbocycles. The third-order valence-electron chi connectivity index (χ3n) is 2.84. The molecule has 2 aromatic rings. The first-order chi connectivity index (χ1) is 9.16. The van der Waals surface area contributed by atoms with Crippen molar-refractivity contribution in [3.63, 3.8) is 0 Å². The normalized spacial score (nSPS) is 13.6. The number of hydrogen-bond acceptors (Lipinski definition) is 2. The molecule has 4 heteroatoms. The lowest BCUT2D eigenvalue weighted by molar-refractivity contribution is -0.119. The molecule has 2 N–H and O–H groups in total. The number of hydrogen-bond donors (Lipinski definition) is 2. The zero-order valence-corrected chi connectivity index (χ0v) is 11.0. The molecule has 0 aliphatic heterocycles. The van der Waals surface area contributed by atoms with Gasteiger partial charge in [0.2, 0.25) is 0 Å². The van der Waals surface area contributed by atoms with Gasteiger partial charge < -0.3 is 10.4 Å². The number of nitrogens with one attached hydrogen (secondary N) is 1. The van der Waals surface area contributed by atoms with Gasteiger partial charge in [0.15, 0.2) is 4.87 Å². The minimum absolute atomic E-state index is 0.450. The Morgan fingerprint density at radius 2 is 1.58 bits per heavy atom. The minimum Gasteiger partial charge on any atom is -0.394 e. The van der Waals surface area contributed by atoms with E-state index in [1.807, 2.05) is 24.3 Å². The van der Waals surface area contributed by atoms with Crippen LogP contribution in [0.15, 0.2) is 60.7 Å². The van der Waals surface area contributed by atoms with Gasteiger partial charge in [0, 0.05) is 5.69 Å². The molecule has 98 valence electrons. The molecule has 3 nitrogen and oxygen atoms in total. The number of aliphatic hydroxyl groups is 1. The van der Waals surface area contributed by atoms with Gasteiger partial charge in [-0.05, 0) is 17.7 Å². The van der Waals surface area contributed by atoms with E-state index in [9.17, 15) is 9.90 Å². The molecule has 0 heterocycles. The summed E-state index contributed by atoms with van der Waals surface area (Å²) >= 11 is 6.29. The van der Waals surface area contributed by atoms with Crippen molar-refractivity contribution in [2.75, 3.05) is 11.9 Å². The van der Waals surface area contributed by atoms with Crippen LogP contribution >= 0.6 is 11.6 Å². The SMILES string of the molecule is O=C(Nc1ccccc1)C(Cl)(CO)c1ccccc1. The summed E-state index contributed by atoms with van der Waals surface area (Å²) in [6.45, 7) is -0.475. The zero-order valence-electron chi connectivity index (χ0n) is 10.2. The summed E-state index contributed by atoms with van der Waals surface area (Å²) in [6.07, 6.45) is 0. The van der Waals surface area contributed by atoms with Gasteiger partial charge in [0.25, 0.3) is 5.91 Å². The number of benzene rings is 2. The Kier molecular flexibility index (Phi) is 4.20. The number of amides is 1. The molecule has 0 spiro atoms. The number of aliphatic hydroxyl groups excluding tert-OH is 1. The Morgan fingerprint density at radius 1 is 1.05 bits per heavy atom. The van der Waals surface area contributed by atoms with Gasteiger partial charge in [0.05, 0.1) is 6.61 Å². The number of para-hydroxylation sites is 1. The van der Waals surface area contributed by atoms with Crippen molar-refractivity contribution in [1.29, 1.82) is 0 Å². The lowest BCUT2D eigenvalue weighted by atomic mass is 9.98. The van der Waals surface area contributed by atoms with Crippen LogP contribution in [0.5, 0.6) is 0 Å². The quantitative estimate of drug-likeness (QED) is 0.843. The summed E-state index contributed by atoms with van der Waals surface area (Å²) in [5.74, 6) is -0.450. The lowest BCUT2D eigenvalue weighted by Gasteiger charge is -2.24. The number of carbonyl (C=O) groups excluding carboxylic acids is 1. The van der Waals surface area contributed by atoms with Crippen LogP contribution in [0, 0.1) is 0 Å². The van der Waals surface area contributed by atoms with Crippen LogP contribution in [0.4, 0.5) is 5.69 Å². The van der Waals surface area contributed by atoms with Crippen molar-refractivity contribution in [2.24, 2.45) is 0 Å². The lowest BCUT2D eigenvalue weighted by Crippen LogP contribution is -2.38. The highest BCUT2D eigenvalue weighted by Crippen LogP contribution is 2.30. The fraction of sp³-hybridized carbons (Fsp3) is 0.133. The van der Waals surface area contributed by atoms with Gasteiger partial charge in [-0.2, -0.15) is 0 Å². The predicted molar refractivity (Wildman–Crippen MR) is 76.1 cm³/mol. The molecule has 2 rings (SSSR count). The van der Waals surface area contributed by atoms with Gasteiger partial charge >= 0.3 is 0 Å². The van der Waals surface area contributed by atoms with Crippen molar-refractivity contribution in [2.45, 2.75) is 4.87 Å². The fourth-order valence-electron chi connectivity index (χ4n) is 1.75. The Balaban J connectivity index is 2.24. The van der Waals surface area contributed by atoms with Gasteiger partial charge in [-0.25, -0.2) is 0 Å². The van der Waals surface area contributed by atoms with Crippen molar-refractivity contribution in [3.05, 3.63) is 66.2 Å². The summed E-state index contributed by atoms with van der Waals surface area (Å²) in [6, 6.07) is 17.8. The number of anilines is 1. The van der Waals surface area contributed by atoms with E-state index < -0.39 is 17.4 Å². The summed E-state index contributed by atoms with van der Waals surface area (Å²) in [7, 11) is 0. The van der Waals surface area contributed by atoms with Crippen molar-refractivity contribution >= 4 is 23.2 Å². The second kappa shape index (κ2) is 5.87. The van der Waals surface area contributed by atoms with Gasteiger partial charge in [-0.3, -0.25) is 4.79 Å². The van der Waals surface area contributed by atoms with Crippen molar-refractivity contribution in [3.8, 4) is 0 Å². The average molecular weight is 276 g/mol. The molecule has 0 saturated heterocycles. The van der Waals surface area contributed by atoms with Crippen LogP contribution in [0.1, 0.15) is 5.56 Å². The first kappa shape index (κ1) is 13.6. The Bertz CT molecular complexity index is 545. The smallest absolute Gasteiger partial charge is 0.252 e.